The van der Waals surface area contributed by atoms with E-state index in [-0.39, 0.29) is 6.09 Å². The summed E-state index contributed by atoms with van der Waals surface area (Å²) in [5, 5.41) is 0. The van der Waals surface area contributed by atoms with Gasteiger partial charge in [0.25, 0.3) is 0 Å². The SMILES string of the molecule is CCOC(=O)N1CCC(N2CCC(N3CCC[C@@H]3c3cnco3)CC2)CC1. The van der Waals surface area contributed by atoms with Gasteiger partial charge in [-0.25, -0.2) is 9.78 Å². The number of nitrogens with zero attached hydrogens (tertiary/aromatic N) is 4. The summed E-state index contributed by atoms with van der Waals surface area (Å²) < 4.78 is 10.7. The standard InChI is InChI=1S/C20H32N4O3/c1-2-26-20(25)23-12-5-16(6-13-23)22-10-7-17(8-11-22)24-9-3-4-18(24)19-14-21-15-27-19/h14-18H,2-13H2,1H3/t18-/m1/s1. The molecule has 3 fully saturated rings. The Hall–Kier alpha value is -1.60. The van der Waals surface area contributed by atoms with Gasteiger partial charge >= 0.3 is 6.09 Å². The van der Waals surface area contributed by atoms with Crippen LogP contribution < -0.4 is 0 Å². The van der Waals surface area contributed by atoms with Crippen LogP contribution in [0.3, 0.4) is 0 Å². The van der Waals surface area contributed by atoms with Crippen LogP contribution in [-0.2, 0) is 4.74 Å². The molecule has 0 unspecified atom stereocenters. The number of piperidine rings is 2. The molecule has 1 aromatic heterocycles. The fourth-order valence-electron chi connectivity index (χ4n) is 5.13. The molecule has 0 saturated carbocycles. The minimum absolute atomic E-state index is 0.151. The number of hydrogen-bond acceptors (Lipinski definition) is 6. The summed E-state index contributed by atoms with van der Waals surface area (Å²) in [5.41, 5.74) is 0. The topological polar surface area (TPSA) is 62.1 Å². The van der Waals surface area contributed by atoms with Crippen molar-refractivity contribution >= 4 is 6.09 Å². The number of carbonyl (C=O) groups is 1. The van der Waals surface area contributed by atoms with Crippen LogP contribution in [0, 0.1) is 0 Å². The highest BCUT2D eigenvalue weighted by atomic mass is 16.6. The number of oxazole rings is 1. The van der Waals surface area contributed by atoms with Crippen molar-refractivity contribution < 1.29 is 13.9 Å². The molecule has 0 bridgehead atoms. The summed E-state index contributed by atoms with van der Waals surface area (Å²) in [6, 6.07) is 1.68. The van der Waals surface area contributed by atoms with Gasteiger partial charge in [0.2, 0.25) is 0 Å². The quantitative estimate of drug-likeness (QED) is 0.805. The molecular formula is C20H32N4O3. The first-order valence-corrected chi connectivity index (χ1v) is 10.6. The fourth-order valence-corrected chi connectivity index (χ4v) is 5.13. The van der Waals surface area contributed by atoms with Crippen LogP contribution in [0.1, 0.15) is 57.3 Å². The average Bonchev–Trinajstić information content (AvgIpc) is 3.40. The minimum Gasteiger partial charge on any atom is -0.450 e. The molecule has 7 heteroatoms. The van der Waals surface area contributed by atoms with Crippen LogP contribution in [0.4, 0.5) is 4.79 Å². The van der Waals surface area contributed by atoms with Gasteiger partial charge < -0.3 is 19.0 Å². The summed E-state index contributed by atoms with van der Waals surface area (Å²) in [4.78, 5) is 23.1. The van der Waals surface area contributed by atoms with Crippen LogP contribution in [0.15, 0.2) is 17.0 Å². The first-order chi connectivity index (χ1) is 13.3. The molecule has 4 rings (SSSR count). The number of rotatable bonds is 4. The van der Waals surface area contributed by atoms with E-state index in [2.05, 4.69) is 14.8 Å². The lowest BCUT2D eigenvalue weighted by Gasteiger charge is -2.44. The largest absolute Gasteiger partial charge is 0.450 e. The van der Waals surface area contributed by atoms with Gasteiger partial charge in [0.1, 0.15) is 5.76 Å². The molecule has 1 aromatic rings. The summed E-state index contributed by atoms with van der Waals surface area (Å²) in [6.07, 6.45) is 10.3. The first kappa shape index (κ1) is 18.7. The van der Waals surface area contributed by atoms with Crippen LogP contribution in [-0.4, -0.2) is 77.2 Å². The van der Waals surface area contributed by atoms with Crippen molar-refractivity contribution in [3.8, 4) is 0 Å². The van der Waals surface area contributed by atoms with E-state index in [1.165, 1.54) is 32.2 Å². The van der Waals surface area contributed by atoms with E-state index in [0.29, 0.717) is 24.7 Å². The van der Waals surface area contributed by atoms with Crippen molar-refractivity contribution in [2.75, 3.05) is 39.3 Å². The van der Waals surface area contributed by atoms with Gasteiger partial charge in [0, 0.05) is 25.2 Å². The number of hydrogen-bond donors (Lipinski definition) is 0. The molecule has 1 amide bonds. The van der Waals surface area contributed by atoms with Gasteiger partial charge in [0.05, 0.1) is 18.8 Å². The van der Waals surface area contributed by atoms with Gasteiger partial charge in [-0.15, -0.1) is 0 Å². The predicted octanol–water partition coefficient (Wildman–Crippen LogP) is 2.90. The molecule has 4 heterocycles. The molecule has 0 N–H and O–H groups in total. The molecule has 0 spiro atoms. The zero-order valence-corrected chi connectivity index (χ0v) is 16.4. The smallest absolute Gasteiger partial charge is 0.409 e. The molecule has 27 heavy (non-hydrogen) atoms. The van der Waals surface area contributed by atoms with Gasteiger partial charge in [0.15, 0.2) is 6.39 Å². The zero-order chi connectivity index (χ0) is 18.6. The second-order valence-corrected chi connectivity index (χ2v) is 7.98. The molecular weight excluding hydrogens is 344 g/mol. The Kier molecular flexibility index (Phi) is 5.98. The Morgan fingerprint density at radius 1 is 1.11 bits per heavy atom. The lowest BCUT2D eigenvalue weighted by atomic mass is 9.96. The molecule has 0 aromatic carbocycles. The van der Waals surface area contributed by atoms with E-state index in [1.807, 2.05) is 18.0 Å². The van der Waals surface area contributed by atoms with Crippen molar-refractivity contribution in [1.82, 2.24) is 19.7 Å². The highest BCUT2D eigenvalue weighted by Gasteiger charge is 2.37. The zero-order valence-electron chi connectivity index (χ0n) is 16.4. The monoisotopic (exact) mass is 376 g/mol. The maximum atomic E-state index is 11.9. The normalized spacial score (nSPS) is 26.6. The van der Waals surface area contributed by atoms with E-state index in [1.54, 1.807) is 6.39 Å². The summed E-state index contributed by atoms with van der Waals surface area (Å²) in [5.74, 6) is 1.03. The number of amides is 1. The third-order valence-electron chi connectivity index (χ3n) is 6.55. The summed E-state index contributed by atoms with van der Waals surface area (Å²) in [6.45, 7) is 7.46. The number of carbonyl (C=O) groups excluding carboxylic acids is 1. The van der Waals surface area contributed by atoms with Crippen molar-refractivity contribution in [1.29, 1.82) is 0 Å². The molecule has 7 nitrogen and oxygen atoms in total. The van der Waals surface area contributed by atoms with Crippen molar-refractivity contribution in [2.24, 2.45) is 0 Å². The second kappa shape index (κ2) is 8.61. The molecule has 3 saturated heterocycles. The maximum absolute atomic E-state index is 11.9. The Morgan fingerprint density at radius 2 is 1.85 bits per heavy atom. The molecule has 150 valence electrons. The van der Waals surface area contributed by atoms with Gasteiger partial charge in [-0.05, 0) is 65.1 Å². The highest BCUT2D eigenvalue weighted by molar-refractivity contribution is 5.67. The van der Waals surface area contributed by atoms with E-state index in [0.717, 1.165) is 44.8 Å². The number of likely N-dealkylation sites (tertiary alicyclic amines) is 3. The van der Waals surface area contributed by atoms with Gasteiger partial charge in [-0.2, -0.15) is 0 Å². The summed E-state index contributed by atoms with van der Waals surface area (Å²) >= 11 is 0. The van der Waals surface area contributed by atoms with Gasteiger partial charge in [-0.1, -0.05) is 0 Å². The third kappa shape index (κ3) is 4.14. The lowest BCUT2D eigenvalue weighted by molar-refractivity contribution is 0.0426. The predicted molar refractivity (Wildman–Crippen MR) is 101 cm³/mol. The molecule has 0 aliphatic carbocycles. The molecule has 3 aliphatic heterocycles. The third-order valence-corrected chi connectivity index (χ3v) is 6.55. The van der Waals surface area contributed by atoms with E-state index in [4.69, 9.17) is 9.15 Å². The molecule has 3 aliphatic rings. The van der Waals surface area contributed by atoms with E-state index >= 15 is 0 Å². The van der Waals surface area contributed by atoms with Crippen LogP contribution in [0.2, 0.25) is 0 Å². The van der Waals surface area contributed by atoms with Gasteiger partial charge in [-0.3, -0.25) is 4.90 Å². The van der Waals surface area contributed by atoms with E-state index in [9.17, 15) is 4.79 Å². The second-order valence-electron chi connectivity index (χ2n) is 7.98. The minimum atomic E-state index is -0.151. The Labute approximate surface area is 161 Å². The fraction of sp³-hybridized carbons (Fsp3) is 0.800. The highest BCUT2D eigenvalue weighted by Crippen LogP contribution is 2.36. The van der Waals surface area contributed by atoms with Crippen LogP contribution in [0.5, 0.6) is 0 Å². The Balaban J connectivity index is 1.25. The number of ether oxygens (including phenoxy) is 1. The Bertz CT molecular complexity index is 592. The maximum Gasteiger partial charge on any atom is 0.409 e. The van der Waals surface area contributed by atoms with Crippen molar-refractivity contribution in [3.63, 3.8) is 0 Å². The first-order valence-electron chi connectivity index (χ1n) is 10.6. The Morgan fingerprint density at radius 3 is 2.52 bits per heavy atom. The van der Waals surface area contributed by atoms with Crippen LogP contribution in [0.25, 0.3) is 0 Å². The average molecular weight is 377 g/mol. The van der Waals surface area contributed by atoms with Crippen molar-refractivity contribution in [2.45, 2.75) is 63.6 Å². The number of aromatic nitrogens is 1. The molecule has 1 atom stereocenters. The van der Waals surface area contributed by atoms with Crippen molar-refractivity contribution in [3.05, 3.63) is 18.4 Å². The van der Waals surface area contributed by atoms with E-state index < -0.39 is 0 Å². The van der Waals surface area contributed by atoms with Crippen LogP contribution >= 0.6 is 0 Å². The lowest BCUT2D eigenvalue weighted by Crippen LogP contribution is -2.51. The summed E-state index contributed by atoms with van der Waals surface area (Å²) in [7, 11) is 0. The molecule has 0 radical (unpaired) electrons.